The van der Waals surface area contributed by atoms with Gasteiger partial charge in [-0.15, -0.1) is 11.8 Å². The number of benzene rings is 1. The van der Waals surface area contributed by atoms with Crippen LogP contribution in [0, 0.1) is 5.92 Å². The monoisotopic (exact) mass is 348 g/mol. The summed E-state index contributed by atoms with van der Waals surface area (Å²) < 4.78 is 37.0. The van der Waals surface area contributed by atoms with Crippen molar-refractivity contribution in [2.75, 3.05) is 24.7 Å². The molecular formula is C15H19F3N2O2S. The number of amides is 2. The fraction of sp³-hybridized carbons (Fsp3) is 0.533. The molecule has 0 heterocycles. The standard InChI is InChI=1S/C15H19F3N2O2S/c1-20(8-12(21)10-6-7-10)14(22)19-11-4-2-3-5-13(11)23-9-15(16,17)18/h2-5,10,12,21H,6-9H2,1H3,(H,19,22). The second kappa shape index (κ2) is 7.44. The molecule has 1 saturated carbocycles. The topological polar surface area (TPSA) is 52.6 Å². The van der Waals surface area contributed by atoms with E-state index in [4.69, 9.17) is 0 Å². The lowest BCUT2D eigenvalue weighted by Gasteiger charge is -2.22. The Labute approximate surface area is 137 Å². The van der Waals surface area contributed by atoms with Gasteiger partial charge in [0.1, 0.15) is 0 Å². The summed E-state index contributed by atoms with van der Waals surface area (Å²) in [7, 11) is 1.55. The van der Waals surface area contributed by atoms with E-state index in [0.717, 1.165) is 12.8 Å². The van der Waals surface area contributed by atoms with Gasteiger partial charge >= 0.3 is 12.2 Å². The molecule has 128 valence electrons. The normalized spacial score (nSPS) is 16.0. The van der Waals surface area contributed by atoms with E-state index in [1.165, 1.54) is 11.0 Å². The third-order valence-corrected chi connectivity index (χ3v) is 4.63. The van der Waals surface area contributed by atoms with Gasteiger partial charge in [-0.3, -0.25) is 0 Å². The molecule has 4 nitrogen and oxygen atoms in total. The second-order valence-electron chi connectivity index (χ2n) is 5.62. The molecule has 2 amide bonds. The first-order valence-electron chi connectivity index (χ1n) is 7.25. The number of rotatable bonds is 6. The van der Waals surface area contributed by atoms with Crippen LogP contribution in [0.15, 0.2) is 29.2 Å². The van der Waals surface area contributed by atoms with Gasteiger partial charge < -0.3 is 15.3 Å². The molecule has 0 aromatic heterocycles. The number of hydrogen-bond acceptors (Lipinski definition) is 3. The van der Waals surface area contributed by atoms with Crippen molar-refractivity contribution in [3.63, 3.8) is 0 Å². The summed E-state index contributed by atoms with van der Waals surface area (Å²) in [5, 5.41) is 12.5. The molecule has 1 fully saturated rings. The first-order valence-corrected chi connectivity index (χ1v) is 8.23. The summed E-state index contributed by atoms with van der Waals surface area (Å²) >= 11 is 0.629. The molecule has 1 aromatic rings. The molecule has 0 spiro atoms. The highest BCUT2D eigenvalue weighted by Crippen LogP contribution is 2.33. The number of aliphatic hydroxyl groups excluding tert-OH is 1. The molecule has 0 saturated heterocycles. The molecule has 23 heavy (non-hydrogen) atoms. The Balaban J connectivity index is 1.94. The van der Waals surface area contributed by atoms with Crippen LogP contribution in [0.1, 0.15) is 12.8 Å². The van der Waals surface area contributed by atoms with Crippen LogP contribution >= 0.6 is 11.8 Å². The molecule has 1 aromatic carbocycles. The summed E-state index contributed by atoms with van der Waals surface area (Å²) in [5.41, 5.74) is 0.333. The summed E-state index contributed by atoms with van der Waals surface area (Å²) in [6.45, 7) is 0.203. The SMILES string of the molecule is CN(CC(O)C1CC1)C(=O)Nc1ccccc1SCC(F)(F)F. The number of carbonyl (C=O) groups is 1. The van der Waals surface area contributed by atoms with Crippen LogP contribution in [-0.2, 0) is 0 Å². The predicted molar refractivity (Wildman–Crippen MR) is 83.6 cm³/mol. The molecule has 0 radical (unpaired) electrons. The molecule has 8 heteroatoms. The van der Waals surface area contributed by atoms with Crippen molar-refractivity contribution in [3.8, 4) is 0 Å². The Morgan fingerprint density at radius 1 is 1.43 bits per heavy atom. The smallest absolute Gasteiger partial charge is 0.391 e. The second-order valence-corrected chi connectivity index (χ2v) is 6.63. The first kappa shape index (κ1) is 17.9. The highest BCUT2D eigenvalue weighted by molar-refractivity contribution is 7.99. The number of nitrogens with zero attached hydrogens (tertiary/aromatic N) is 1. The number of halogens is 3. The molecule has 0 bridgehead atoms. The number of alkyl halides is 3. The van der Waals surface area contributed by atoms with Gasteiger partial charge in [-0.1, -0.05) is 12.1 Å². The van der Waals surface area contributed by atoms with E-state index in [1.54, 1.807) is 25.2 Å². The van der Waals surface area contributed by atoms with Gasteiger partial charge in [0, 0.05) is 18.5 Å². The van der Waals surface area contributed by atoms with Gasteiger partial charge in [0.05, 0.1) is 17.5 Å². The third kappa shape index (κ3) is 5.95. The Kier molecular flexibility index (Phi) is 5.80. The van der Waals surface area contributed by atoms with E-state index in [2.05, 4.69) is 5.32 Å². The van der Waals surface area contributed by atoms with Crippen molar-refractivity contribution in [3.05, 3.63) is 24.3 Å². The molecule has 1 atom stereocenters. The molecule has 1 aliphatic rings. The first-order chi connectivity index (χ1) is 10.8. The average Bonchev–Trinajstić information content (AvgIpc) is 3.30. The number of hydrogen-bond donors (Lipinski definition) is 2. The van der Waals surface area contributed by atoms with Crippen LogP contribution < -0.4 is 5.32 Å². The number of thioether (sulfide) groups is 1. The van der Waals surface area contributed by atoms with Crippen LogP contribution in [0.4, 0.5) is 23.7 Å². The van der Waals surface area contributed by atoms with Gasteiger partial charge in [-0.25, -0.2) is 4.79 Å². The van der Waals surface area contributed by atoms with Gasteiger partial charge in [-0.2, -0.15) is 13.2 Å². The Morgan fingerprint density at radius 2 is 2.09 bits per heavy atom. The van der Waals surface area contributed by atoms with Crippen LogP contribution in [-0.4, -0.2) is 47.7 Å². The summed E-state index contributed by atoms with van der Waals surface area (Å²) in [4.78, 5) is 13.8. The van der Waals surface area contributed by atoms with Crippen molar-refractivity contribution in [1.82, 2.24) is 4.90 Å². The van der Waals surface area contributed by atoms with Crippen molar-refractivity contribution in [1.29, 1.82) is 0 Å². The minimum atomic E-state index is -4.27. The number of nitrogens with one attached hydrogen (secondary N) is 1. The average molecular weight is 348 g/mol. The maximum Gasteiger partial charge on any atom is 0.398 e. The van der Waals surface area contributed by atoms with Gasteiger partial charge in [0.25, 0.3) is 0 Å². The number of para-hydroxylation sites is 1. The fourth-order valence-electron chi connectivity index (χ4n) is 2.06. The molecule has 2 N–H and O–H groups in total. The van der Waals surface area contributed by atoms with E-state index in [9.17, 15) is 23.1 Å². The Hall–Kier alpha value is -1.41. The number of anilines is 1. The number of carbonyl (C=O) groups excluding carboxylic acids is 1. The zero-order valence-electron chi connectivity index (χ0n) is 12.6. The van der Waals surface area contributed by atoms with Gasteiger partial charge in [0.2, 0.25) is 0 Å². The minimum Gasteiger partial charge on any atom is -0.391 e. The van der Waals surface area contributed by atoms with Crippen molar-refractivity contribution in [2.24, 2.45) is 5.92 Å². The number of urea groups is 1. The number of likely N-dealkylation sites (N-methyl/N-ethyl adjacent to an activating group) is 1. The largest absolute Gasteiger partial charge is 0.398 e. The minimum absolute atomic E-state index is 0.203. The van der Waals surface area contributed by atoms with Crippen LogP contribution in [0.25, 0.3) is 0 Å². The molecule has 0 aliphatic heterocycles. The Bertz CT molecular complexity index is 550. The molecular weight excluding hydrogens is 329 g/mol. The predicted octanol–water partition coefficient (Wildman–Crippen LogP) is 3.58. The molecule has 1 aliphatic carbocycles. The highest BCUT2D eigenvalue weighted by atomic mass is 32.2. The van der Waals surface area contributed by atoms with Crippen LogP contribution in [0.2, 0.25) is 0 Å². The van der Waals surface area contributed by atoms with E-state index in [0.29, 0.717) is 22.3 Å². The summed E-state index contributed by atoms with van der Waals surface area (Å²) in [6, 6.07) is 5.90. The zero-order valence-corrected chi connectivity index (χ0v) is 13.5. The molecule has 2 rings (SSSR count). The lowest BCUT2D eigenvalue weighted by molar-refractivity contribution is -0.105. The van der Waals surface area contributed by atoms with Crippen molar-refractivity contribution in [2.45, 2.75) is 30.0 Å². The lowest BCUT2D eigenvalue weighted by Crippen LogP contribution is -2.38. The van der Waals surface area contributed by atoms with Gasteiger partial charge in [-0.05, 0) is 30.9 Å². The van der Waals surface area contributed by atoms with E-state index >= 15 is 0 Å². The maximum absolute atomic E-state index is 12.3. The quantitative estimate of drug-likeness (QED) is 0.773. The van der Waals surface area contributed by atoms with Crippen LogP contribution in [0.3, 0.4) is 0 Å². The number of aliphatic hydroxyl groups is 1. The maximum atomic E-state index is 12.3. The lowest BCUT2D eigenvalue weighted by atomic mass is 10.2. The van der Waals surface area contributed by atoms with E-state index in [-0.39, 0.29) is 12.5 Å². The summed E-state index contributed by atoms with van der Waals surface area (Å²) in [6.07, 6.45) is -2.89. The van der Waals surface area contributed by atoms with Crippen molar-refractivity contribution < 1.29 is 23.1 Å². The fourth-order valence-corrected chi connectivity index (χ4v) is 2.83. The zero-order chi connectivity index (χ0) is 17.0. The van der Waals surface area contributed by atoms with E-state index < -0.39 is 24.1 Å². The summed E-state index contributed by atoms with van der Waals surface area (Å²) in [5.74, 6) is -0.768. The van der Waals surface area contributed by atoms with Crippen molar-refractivity contribution >= 4 is 23.5 Å². The van der Waals surface area contributed by atoms with E-state index in [1.807, 2.05) is 0 Å². The van der Waals surface area contributed by atoms with Crippen LogP contribution in [0.5, 0.6) is 0 Å². The highest BCUT2D eigenvalue weighted by Gasteiger charge is 2.31. The third-order valence-electron chi connectivity index (χ3n) is 3.49. The van der Waals surface area contributed by atoms with Gasteiger partial charge in [0.15, 0.2) is 0 Å². The Morgan fingerprint density at radius 3 is 2.70 bits per heavy atom. The molecule has 1 unspecified atom stereocenters.